The van der Waals surface area contributed by atoms with Crippen LogP contribution in [0.3, 0.4) is 0 Å². The van der Waals surface area contributed by atoms with Crippen molar-refractivity contribution in [1.82, 2.24) is 10.6 Å². The Morgan fingerprint density at radius 2 is 2.12 bits per heavy atom. The first-order valence-electron chi connectivity index (χ1n) is 9.43. The van der Waals surface area contributed by atoms with Gasteiger partial charge in [-0.1, -0.05) is 44.2 Å². The van der Waals surface area contributed by atoms with Gasteiger partial charge in [-0.05, 0) is 25.3 Å². The Balaban J connectivity index is 1.64. The second-order valence-electron chi connectivity index (χ2n) is 7.69. The SMILES string of the molecule is CCNC(=NCC(O)c1ccccc1)NC1C2CCCOC2C1(C)C. The van der Waals surface area contributed by atoms with E-state index in [0.29, 0.717) is 24.6 Å². The van der Waals surface area contributed by atoms with Crippen LogP contribution in [-0.2, 0) is 4.74 Å². The average molecular weight is 345 g/mol. The fourth-order valence-corrected chi connectivity index (χ4v) is 4.24. The lowest BCUT2D eigenvalue weighted by atomic mass is 9.55. The minimum Gasteiger partial charge on any atom is -0.386 e. The molecule has 4 unspecified atom stereocenters. The molecule has 0 spiro atoms. The normalized spacial score (nSPS) is 29.3. The van der Waals surface area contributed by atoms with Crippen LogP contribution >= 0.6 is 0 Å². The van der Waals surface area contributed by atoms with Crippen LogP contribution in [-0.4, -0.2) is 42.9 Å². The van der Waals surface area contributed by atoms with Gasteiger partial charge >= 0.3 is 0 Å². The maximum absolute atomic E-state index is 10.4. The summed E-state index contributed by atoms with van der Waals surface area (Å²) in [4.78, 5) is 4.62. The topological polar surface area (TPSA) is 65.9 Å². The number of ether oxygens (including phenoxy) is 1. The predicted molar refractivity (Wildman–Crippen MR) is 101 cm³/mol. The molecule has 3 N–H and O–H groups in total. The molecule has 1 aromatic rings. The van der Waals surface area contributed by atoms with Crippen molar-refractivity contribution in [3.05, 3.63) is 35.9 Å². The van der Waals surface area contributed by atoms with Crippen LogP contribution in [0.25, 0.3) is 0 Å². The third-order valence-electron chi connectivity index (χ3n) is 5.57. The Morgan fingerprint density at radius 3 is 2.84 bits per heavy atom. The summed E-state index contributed by atoms with van der Waals surface area (Å²) in [6, 6.07) is 10.0. The summed E-state index contributed by atoms with van der Waals surface area (Å²) >= 11 is 0. The number of aliphatic hydroxyl groups is 1. The molecule has 1 aliphatic carbocycles. The average Bonchev–Trinajstić information content (AvgIpc) is 2.64. The monoisotopic (exact) mass is 345 g/mol. The molecule has 1 saturated carbocycles. The molecule has 1 heterocycles. The lowest BCUT2D eigenvalue weighted by Gasteiger charge is -2.60. The molecule has 1 aliphatic heterocycles. The number of fused-ring (bicyclic) bond motifs is 1. The molecule has 2 fully saturated rings. The molecule has 25 heavy (non-hydrogen) atoms. The van der Waals surface area contributed by atoms with Crippen molar-refractivity contribution in [2.24, 2.45) is 16.3 Å². The van der Waals surface area contributed by atoms with Gasteiger partial charge in [0.25, 0.3) is 0 Å². The minimum atomic E-state index is -0.586. The summed E-state index contributed by atoms with van der Waals surface area (Å²) in [7, 11) is 0. The highest BCUT2D eigenvalue weighted by atomic mass is 16.5. The summed E-state index contributed by atoms with van der Waals surface area (Å²) in [5.74, 6) is 1.33. The Kier molecular flexibility index (Phi) is 5.64. The van der Waals surface area contributed by atoms with Gasteiger partial charge in [-0.2, -0.15) is 0 Å². The van der Waals surface area contributed by atoms with Crippen molar-refractivity contribution < 1.29 is 9.84 Å². The molecule has 4 atom stereocenters. The van der Waals surface area contributed by atoms with Gasteiger partial charge in [0.1, 0.15) is 0 Å². The molecule has 0 bridgehead atoms. The van der Waals surface area contributed by atoms with Crippen molar-refractivity contribution in [3.8, 4) is 0 Å². The Morgan fingerprint density at radius 1 is 1.36 bits per heavy atom. The van der Waals surface area contributed by atoms with Gasteiger partial charge in [0.15, 0.2) is 5.96 Å². The van der Waals surface area contributed by atoms with Crippen LogP contribution in [0.5, 0.6) is 0 Å². The minimum absolute atomic E-state index is 0.0966. The molecule has 1 aromatic carbocycles. The number of nitrogens with one attached hydrogen (secondary N) is 2. The number of aliphatic hydroxyl groups excluding tert-OH is 1. The number of aliphatic imine (C=N–C) groups is 1. The van der Waals surface area contributed by atoms with Gasteiger partial charge in [0.05, 0.1) is 18.8 Å². The molecule has 0 radical (unpaired) electrons. The highest BCUT2D eigenvalue weighted by Gasteiger charge is 2.58. The van der Waals surface area contributed by atoms with Crippen LogP contribution in [0.4, 0.5) is 0 Å². The van der Waals surface area contributed by atoms with Crippen LogP contribution in [0.2, 0.25) is 0 Å². The van der Waals surface area contributed by atoms with Crippen LogP contribution in [0.1, 0.15) is 45.3 Å². The fraction of sp³-hybridized carbons (Fsp3) is 0.650. The summed E-state index contributed by atoms with van der Waals surface area (Å²) in [6.45, 7) is 8.61. The quantitative estimate of drug-likeness (QED) is 0.567. The van der Waals surface area contributed by atoms with Crippen LogP contribution < -0.4 is 10.6 Å². The van der Waals surface area contributed by atoms with Crippen molar-refractivity contribution >= 4 is 5.96 Å². The number of hydrogen-bond donors (Lipinski definition) is 3. The first-order chi connectivity index (χ1) is 12.0. The Hall–Kier alpha value is -1.59. The van der Waals surface area contributed by atoms with Crippen LogP contribution in [0, 0.1) is 11.3 Å². The molecule has 1 saturated heterocycles. The smallest absolute Gasteiger partial charge is 0.191 e. The van der Waals surface area contributed by atoms with E-state index in [2.05, 4.69) is 36.4 Å². The van der Waals surface area contributed by atoms with Crippen molar-refractivity contribution in [2.45, 2.75) is 51.9 Å². The lowest BCUT2D eigenvalue weighted by molar-refractivity contribution is -0.188. The van der Waals surface area contributed by atoms with E-state index in [1.165, 1.54) is 6.42 Å². The molecule has 0 aromatic heterocycles. The number of nitrogens with zero attached hydrogens (tertiary/aromatic N) is 1. The van der Waals surface area contributed by atoms with E-state index in [-0.39, 0.29) is 5.41 Å². The predicted octanol–water partition coefficient (Wildman–Crippen LogP) is 2.48. The van der Waals surface area contributed by atoms with Gasteiger partial charge in [0.2, 0.25) is 0 Å². The number of benzene rings is 1. The van der Waals surface area contributed by atoms with Crippen molar-refractivity contribution in [2.75, 3.05) is 19.7 Å². The van der Waals surface area contributed by atoms with E-state index in [1.54, 1.807) is 0 Å². The zero-order valence-electron chi connectivity index (χ0n) is 15.5. The van der Waals surface area contributed by atoms with Crippen molar-refractivity contribution in [3.63, 3.8) is 0 Å². The molecule has 138 valence electrons. The largest absolute Gasteiger partial charge is 0.386 e. The molecule has 2 aliphatic rings. The second kappa shape index (κ2) is 7.75. The van der Waals surface area contributed by atoms with Gasteiger partial charge in [-0.15, -0.1) is 0 Å². The summed E-state index contributed by atoms with van der Waals surface area (Å²) in [6.07, 6.45) is 2.10. The molecule has 5 heteroatoms. The lowest BCUT2D eigenvalue weighted by Crippen LogP contribution is -2.71. The maximum Gasteiger partial charge on any atom is 0.191 e. The summed E-state index contributed by atoms with van der Waals surface area (Å²) in [5, 5.41) is 17.3. The van der Waals surface area contributed by atoms with Gasteiger partial charge < -0.3 is 20.5 Å². The third kappa shape index (κ3) is 3.82. The molecule has 5 nitrogen and oxygen atoms in total. The van der Waals surface area contributed by atoms with E-state index >= 15 is 0 Å². The summed E-state index contributed by atoms with van der Waals surface area (Å²) < 4.78 is 5.98. The van der Waals surface area contributed by atoms with Gasteiger partial charge in [-0.3, -0.25) is 4.99 Å². The molecule has 0 amide bonds. The molecule has 3 rings (SSSR count). The number of rotatable bonds is 5. The highest BCUT2D eigenvalue weighted by Crippen LogP contribution is 2.51. The molecular formula is C20H31N3O2. The fourth-order valence-electron chi connectivity index (χ4n) is 4.24. The zero-order valence-corrected chi connectivity index (χ0v) is 15.5. The maximum atomic E-state index is 10.4. The first-order valence-corrected chi connectivity index (χ1v) is 9.43. The number of guanidine groups is 1. The van der Waals surface area contributed by atoms with Gasteiger partial charge in [0, 0.05) is 30.5 Å². The first kappa shape index (κ1) is 18.2. The van der Waals surface area contributed by atoms with E-state index < -0.39 is 6.10 Å². The second-order valence-corrected chi connectivity index (χ2v) is 7.69. The third-order valence-corrected chi connectivity index (χ3v) is 5.57. The van der Waals surface area contributed by atoms with Crippen molar-refractivity contribution in [1.29, 1.82) is 0 Å². The van der Waals surface area contributed by atoms with E-state index in [1.807, 2.05) is 30.3 Å². The van der Waals surface area contributed by atoms with Crippen LogP contribution in [0.15, 0.2) is 35.3 Å². The Bertz CT molecular complexity index is 588. The zero-order chi connectivity index (χ0) is 17.9. The van der Waals surface area contributed by atoms with E-state index in [0.717, 1.165) is 31.1 Å². The van der Waals surface area contributed by atoms with Gasteiger partial charge in [-0.25, -0.2) is 0 Å². The number of hydrogen-bond acceptors (Lipinski definition) is 3. The standard InChI is InChI=1S/C20H31N3O2/c1-4-21-19(22-13-16(24)14-9-6-5-7-10-14)23-17-15-11-8-12-25-18(15)20(17,2)3/h5-7,9-10,15-18,24H,4,8,11-13H2,1-3H3,(H2,21,22,23). The molecular weight excluding hydrogens is 314 g/mol. The highest BCUT2D eigenvalue weighted by molar-refractivity contribution is 5.80. The van der Waals surface area contributed by atoms with E-state index in [9.17, 15) is 5.11 Å². The Labute approximate surface area is 150 Å². The summed E-state index contributed by atoms with van der Waals surface area (Å²) in [5.41, 5.74) is 0.992. The van der Waals surface area contributed by atoms with E-state index in [4.69, 9.17) is 4.74 Å².